The molecular formula is C17H24N2O6S2. The van der Waals surface area contributed by atoms with E-state index in [2.05, 4.69) is 4.72 Å². The Morgan fingerprint density at radius 2 is 2.19 bits per heavy atom. The summed E-state index contributed by atoms with van der Waals surface area (Å²) >= 11 is 1.54. The van der Waals surface area contributed by atoms with Gasteiger partial charge in [-0.25, -0.2) is 8.42 Å². The lowest BCUT2D eigenvalue weighted by Gasteiger charge is -2.20. The van der Waals surface area contributed by atoms with Crippen molar-refractivity contribution in [2.45, 2.75) is 37.1 Å². The topological polar surface area (TPSA) is 113 Å². The highest BCUT2D eigenvalue weighted by atomic mass is 32.2. The predicted molar refractivity (Wildman–Crippen MR) is 104 cm³/mol. The van der Waals surface area contributed by atoms with Crippen molar-refractivity contribution < 1.29 is 27.9 Å². The normalized spacial score (nSPS) is 15.8. The van der Waals surface area contributed by atoms with E-state index in [1.54, 1.807) is 6.07 Å². The summed E-state index contributed by atoms with van der Waals surface area (Å²) in [7, 11) is -2.82. The van der Waals surface area contributed by atoms with Crippen LogP contribution in [0.15, 0.2) is 23.1 Å². The number of rotatable bonds is 10. The minimum Gasteiger partial charge on any atom is -0.495 e. The fourth-order valence-electron chi connectivity index (χ4n) is 2.79. The molecule has 1 fully saturated rings. The van der Waals surface area contributed by atoms with E-state index in [4.69, 9.17) is 4.74 Å². The van der Waals surface area contributed by atoms with Crippen LogP contribution in [-0.2, 0) is 19.6 Å². The first-order valence-electron chi connectivity index (χ1n) is 8.61. The molecule has 2 N–H and O–H groups in total. The lowest BCUT2D eigenvalue weighted by atomic mass is 10.2. The summed E-state index contributed by atoms with van der Waals surface area (Å²) in [6, 6.07) is 3.20. The number of hydrogen-bond acceptors (Lipinski definition) is 6. The van der Waals surface area contributed by atoms with Crippen molar-refractivity contribution in [1.82, 2.24) is 4.72 Å². The summed E-state index contributed by atoms with van der Waals surface area (Å²) in [5.41, 5.74) is 0.451. The molecule has 1 heterocycles. The van der Waals surface area contributed by atoms with E-state index in [9.17, 15) is 23.1 Å². The average molecular weight is 417 g/mol. The van der Waals surface area contributed by atoms with Crippen molar-refractivity contribution in [3.63, 3.8) is 0 Å². The van der Waals surface area contributed by atoms with Crippen LogP contribution < -0.4 is 14.4 Å². The number of amides is 1. The molecule has 1 atom stereocenters. The van der Waals surface area contributed by atoms with Gasteiger partial charge in [0.15, 0.2) is 0 Å². The standard InChI is InChI=1S/C17H24N2O6S2/c1-3-26-10-8-13(17(21)22)18-27(23,24)15-11-12(6-7-14(15)25-2)19-9-4-5-16(19)20/h6-7,11,13,18H,3-5,8-10H2,1-2H3,(H,21,22). The van der Waals surface area contributed by atoms with Gasteiger partial charge in [0.25, 0.3) is 0 Å². The van der Waals surface area contributed by atoms with Crippen LogP contribution in [0.1, 0.15) is 26.2 Å². The summed E-state index contributed by atoms with van der Waals surface area (Å²) in [6.45, 7) is 2.46. The summed E-state index contributed by atoms with van der Waals surface area (Å²) < 4.78 is 33.1. The van der Waals surface area contributed by atoms with E-state index >= 15 is 0 Å². The molecule has 0 radical (unpaired) electrons. The van der Waals surface area contributed by atoms with Crippen LogP contribution in [0.3, 0.4) is 0 Å². The van der Waals surface area contributed by atoms with Crippen molar-refractivity contribution >= 4 is 39.3 Å². The lowest BCUT2D eigenvalue weighted by molar-refractivity contribution is -0.139. The largest absolute Gasteiger partial charge is 0.495 e. The maximum Gasteiger partial charge on any atom is 0.321 e. The van der Waals surface area contributed by atoms with Crippen LogP contribution in [0.5, 0.6) is 5.75 Å². The Bertz CT molecular complexity index is 797. The van der Waals surface area contributed by atoms with E-state index in [-0.39, 0.29) is 23.0 Å². The first-order valence-corrected chi connectivity index (χ1v) is 11.2. The number of carbonyl (C=O) groups excluding carboxylic acids is 1. The molecule has 0 saturated carbocycles. The molecule has 1 aliphatic rings. The van der Waals surface area contributed by atoms with Gasteiger partial charge < -0.3 is 14.7 Å². The van der Waals surface area contributed by atoms with Gasteiger partial charge in [-0.2, -0.15) is 16.5 Å². The molecule has 10 heteroatoms. The zero-order valence-electron chi connectivity index (χ0n) is 15.3. The second-order valence-corrected chi connectivity index (χ2v) is 9.06. The highest BCUT2D eigenvalue weighted by Gasteiger charge is 2.29. The number of methoxy groups -OCH3 is 1. The van der Waals surface area contributed by atoms with Gasteiger partial charge in [-0.05, 0) is 42.5 Å². The zero-order chi connectivity index (χ0) is 20.0. The van der Waals surface area contributed by atoms with Crippen molar-refractivity contribution in [1.29, 1.82) is 0 Å². The molecule has 8 nitrogen and oxygen atoms in total. The van der Waals surface area contributed by atoms with E-state index in [1.165, 1.54) is 35.9 Å². The number of nitrogens with one attached hydrogen (secondary N) is 1. The maximum atomic E-state index is 12.8. The smallest absolute Gasteiger partial charge is 0.321 e. The molecule has 0 bridgehead atoms. The monoisotopic (exact) mass is 416 g/mol. The summed E-state index contributed by atoms with van der Waals surface area (Å²) in [5.74, 6) is 0.121. The number of carboxylic acid groups (broad SMARTS) is 1. The van der Waals surface area contributed by atoms with Gasteiger partial charge in [0.2, 0.25) is 15.9 Å². The second-order valence-electron chi connectivity index (χ2n) is 5.98. The first-order chi connectivity index (χ1) is 12.8. The zero-order valence-corrected chi connectivity index (χ0v) is 16.9. The fourth-order valence-corrected chi connectivity index (χ4v) is 4.90. The molecule has 1 saturated heterocycles. The summed E-state index contributed by atoms with van der Waals surface area (Å²) in [4.78, 5) is 24.7. The van der Waals surface area contributed by atoms with Gasteiger partial charge in [-0.1, -0.05) is 6.92 Å². The van der Waals surface area contributed by atoms with Crippen LogP contribution in [-0.4, -0.2) is 56.6 Å². The van der Waals surface area contributed by atoms with Crippen molar-refractivity contribution in [3.05, 3.63) is 18.2 Å². The predicted octanol–water partition coefficient (Wildman–Crippen LogP) is 1.70. The molecule has 150 valence electrons. The molecule has 1 unspecified atom stereocenters. The Labute approximate surface area is 163 Å². The number of thioether (sulfide) groups is 1. The average Bonchev–Trinajstić information content (AvgIpc) is 3.06. The van der Waals surface area contributed by atoms with Crippen LogP contribution in [0, 0.1) is 0 Å². The van der Waals surface area contributed by atoms with Gasteiger partial charge in [0.05, 0.1) is 7.11 Å². The third-order valence-electron chi connectivity index (χ3n) is 4.17. The Balaban J connectivity index is 2.32. The van der Waals surface area contributed by atoms with Gasteiger partial charge in [0.1, 0.15) is 16.7 Å². The number of aliphatic carboxylic acids is 1. The Hall–Kier alpha value is -1.78. The van der Waals surface area contributed by atoms with Gasteiger partial charge in [-0.15, -0.1) is 0 Å². The van der Waals surface area contributed by atoms with Gasteiger partial charge in [-0.3, -0.25) is 9.59 Å². The van der Waals surface area contributed by atoms with Crippen LogP contribution in [0.25, 0.3) is 0 Å². The molecule has 2 rings (SSSR count). The maximum absolute atomic E-state index is 12.8. The van der Waals surface area contributed by atoms with E-state index in [0.29, 0.717) is 30.8 Å². The molecule has 1 aromatic carbocycles. The van der Waals surface area contributed by atoms with Gasteiger partial charge >= 0.3 is 5.97 Å². The number of nitrogens with zero attached hydrogens (tertiary/aromatic N) is 1. The number of anilines is 1. The van der Waals surface area contributed by atoms with Crippen molar-refractivity contribution in [2.75, 3.05) is 30.1 Å². The molecule has 27 heavy (non-hydrogen) atoms. The van der Waals surface area contributed by atoms with Crippen LogP contribution in [0.2, 0.25) is 0 Å². The first kappa shape index (κ1) is 21.5. The highest BCUT2D eigenvalue weighted by Crippen LogP contribution is 2.31. The van der Waals surface area contributed by atoms with Crippen molar-refractivity contribution in [2.24, 2.45) is 0 Å². The van der Waals surface area contributed by atoms with E-state index < -0.39 is 22.0 Å². The Kier molecular flexibility index (Phi) is 7.51. The SMILES string of the molecule is CCSCCC(NS(=O)(=O)c1cc(N2CCCC2=O)ccc1OC)C(=O)O. The minimum atomic E-state index is -4.16. The van der Waals surface area contributed by atoms with Crippen LogP contribution in [0.4, 0.5) is 5.69 Å². The van der Waals surface area contributed by atoms with E-state index in [1.807, 2.05) is 6.92 Å². The minimum absolute atomic E-state index is 0.0727. The number of sulfonamides is 1. The number of benzene rings is 1. The van der Waals surface area contributed by atoms with Crippen molar-refractivity contribution in [3.8, 4) is 5.75 Å². The highest BCUT2D eigenvalue weighted by molar-refractivity contribution is 7.99. The second kappa shape index (κ2) is 9.43. The molecule has 1 aliphatic heterocycles. The molecule has 1 amide bonds. The van der Waals surface area contributed by atoms with Crippen LogP contribution >= 0.6 is 11.8 Å². The number of carboxylic acids is 1. The quantitative estimate of drug-likeness (QED) is 0.558. The van der Waals surface area contributed by atoms with E-state index in [0.717, 1.165) is 5.75 Å². The Morgan fingerprint density at radius 1 is 1.44 bits per heavy atom. The molecule has 0 spiro atoms. The number of ether oxygens (including phenoxy) is 1. The third-order valence-corrected chi connectivity index (χ3v) is 6.60. The Morgan fingerprint density at radius 3 is 2.74 bits per heavy atom. The molecular weight excluding hydrogens is 392 g/mol. The van der Waals surface area contributed by atoms with Gasteiger partial charge in [0, 0.05) is 18.7 Å². The molecule has 0 aromatic heterocycles. The third kappa shape index (κ3) is 5.36. The lowest BCUT2D eigenvalue weighted by Crippen LogP contribution is -2.41. The summed E-state index contributed by atoms with van der Waals surface area (Å²) in [6.07, 6.45) is 1.30. The number of carbonyl (C=O) groups is 2. The number of hydrogen-bond donors (Lipinski definition) is 2. The summed E-state index contributed by atoms with van der Waals surface area (Å²) in [5, 5.41) is 9.35. The molecule has 0 aliphatic carbocycles. The molecule has 1 aromatic rings. The fraction of sp³-hybridized carbons (Fsp3) is 0.529.